The van der Waals surface area contributed by atoms with Crippen LogP contribution in [0.1, 0.15) is 30.4 Å². The number of nitrogens with zero attached hydrogens (tertiary/aromatic N) is 1. The Morgan fingerprint density at radius 3 is 2.37 bits per heavy atom. The highest BCUT2D eigenvalue weighted by molar-refractivity contribution is 7.91. The van der Waals surface area contributed by atoms with Gasteiger partial charge in [-0.1, -0.05) is 48.5 Å². The van der Waals surface area contributed by atoms with E-state index in [4.69, 9.17) is 23.9 Å². The molecule has 2 aliphatic rings. The lowest BCUT2D eigenvalue weighted by molar-refractivity contribution is 0.0483. The van der Waals surface area contributed by atoms with Gasteiger partial charge in [0.1, 0.15) is 12.7 Å². The number of aliphatic imine (C=N–C) groups is 1. The number of sulfone groups is 1. The van der Waals surface area contributed by atoms with E-state index in [2.05, 4.69) is 0 Å². The SMILES string of the molecule is COCOc1cc(C2=N[C@@H]3CCC[C@@H]3O2)c(S(=O)(=O)c2ccccc2)cc1OCc1ccccc1. The average molecular weight is 494 g/mol. The zero-order valence-corrected chi connectivity index (χ0v) is 20.2. The Morgan fingerprint density at radius 2 is 1.66 bits per heavy atom. The number of fused-ring (bicyclic) bond motifs is 1. The minimum atomic E-state index is -3.90. The molecule has 1 heterocycles. The third-order valence-corrected chi connectivity index (χ3v) is 7.96. The molecule has 1 aliphatic heterocycles. The molecule has 35 heavy (non-hydrogen) atoms. The van der Waals surface area contributed by atoms with Crippen LogP contribution in [0, 0.1) is 0 Å². The fourth-order valence-electron chi connectivity index (χ4n) is 4.39. The Morgan fingerprint density at radius 1 is 0.943 bits per heavy atom. The van der Waals surface area contributed by atoms with Gasteiger partial charge >= 0.3 is 0 Å². The van der Waals surface area contributed by atoms with Crippen LogP contribution in [0.4, 0.5) is 0 Å². The Balaban J connectivity index is 1.61. The summed E-state index contributed by atoms with van der Waals surface area (Å²) < 4.78 is 50.6. The van der Waals surface area contributed by atoms with Crippen molar-refractivity contribution in [2.75, 3.05) is 13.9 Å². The maximum Gasteiger partial charge on any atom is 0.218 e. The predicted octanol–water partition coefficient (Wildman–Crippen LogP) is 4.78. The number of methoxy groups -OCH3 is 1. The third kappa shape index (κ3) is 4.90. The van der Waals surface area contributed by atoms with Crippen molar-refractivity contribution >= 4 is 15.7 Å². The minimum absolute atomic E-state index is 0.0189. The molecule has 3 aromatic carbocycles. The van der Waals surface area contributed by atoms with Gasteiger partial charge in [0.2, 0.25) is 15.7 Å². The predicted molar refractivity (Wildman–Crippen MR) is 131 cm³/mol. The molecule has 1 saturated carbocycles. The molecule has 0 spiro atoms. The van der Waals surface area contributed by atoms with Crippen molar-refractivity contribution in [3.8, 4) is 11.5 Å². The molecule has 0 amide bonds. The smallest absolute Gasteiger partial charge is 0.218 e. The Kier molecular flexibility index (Phi) is 6.74. The number of benzene rings is 3. The van der Waals surface area contributed by atoms with Crippen LogP contribution in [0.3, 0.4) is 0 Å². The standard InChI is InChI=1S/C27H27NO6S/c1-31-18-33-24-15-21(27-28-22-13-8-14-23(22)34-27)26(35(29,30)20-11-6-3-7-12-20)16-25(24)32-17-19-9-4-2-5-10-19/h2-7,9-12,15-16,22-23H,8,13-14,17-18H2,1H3/t22-,23+/m1/s1. The van der Waals surface area contributed by atoms with Crippen LogP contribution in [0.25, 0.3) is 0 Å². The van der Waals surface area contributed by atoms with E-state index < -0.39 is 9.84 Å². The molecule has 3 aromatic rings. The normalized spacial score (nSPS) is 19.1. The van der Waals surface area contributed by atoms with Gasteiger partial charge in [0, 0.05) is 13.2 Å². The van der Waals surface area contributed by atoms with Gasteiger partial charge in [-0.3, -0.25) is 0 Å². The molecule has 0 bridgehead atoms. The second kappa shape index (κ2) is 10.1. The van der Waals surface area contributed by atoms with Crippen LogP contribution in [-0.4, -0.2) is 40.4 Å². The molecule has 2 atom stereocenters. The summed E-state index contributed by atoms with van der Waals surface area (Å²) in [5.74, 6) is 0.974. The molecule has 1 fully saturated rings. The second-order valence-corrected chi connectivity index (χ2v) is 10.4. The highest BCUT2D eigenvalue weighted by Crippen LogP contribution is 2.39. The maximum atomic E-state index is 13.8. The summed E-state index contributed by atoms with van der Waals surface area (Å²) in [6.07, 6.45) is 2.87. The van der Waals surface area contributed by atoms with Gasteiger partial charge in [-0.25, -0.2) is 13.4 Å². The van der Waals surface area contributed by atoms with Crippen molar-refractivity contribution in [2.45, 2.75) is 47.8 Å². The number of ether oxygens (including phenoxy) is 4. The summed E-state index contributed by atoms with van der Waals surface area (Å²) in [4.78, 5) is 4.98. The van der Waals surface area contributed by atoms with Gasteiger partial charge in [0.15, 0.2) is 18.3 Å². The molecule has 0 saturated heterocycles. The largest absolute Gasteiger partial charge is 0.485 e. The maximum absolute atomic E-state index is 13.8. The van der Waals surface area contributed by atoms with E-state index in [1.54, 1.807) is 36.4 Å². The molecular formula is C27H27NO6S. The molecule has 7 nitrogen and oxygen atoms in total. The monoisotopic (exact) mass is 493 g/mol. The second-order valence-electron chi connectivity index (χ2n) is 8.53. The molecule has 5 rings (SSSR count). The zero-order valence-electron chi connectivity index (χ0n) is 19.4. The highest BCUT2D eigenvalue weighted by atomic mass is 32.2. The van der Waals surface area contributed by atoms with Crippen molar-refractivity contribution in [2.24, 2.45) is 4.99 Å². The van der Waals surface area contributed by atoms with Gasteiger partial charge < -0.3 is 18.9 Å². The van der Waals surface area contributed by atoms with Gasteiger partial charge in [-0.2, -0.15) is 0 Å². The van der Waals surface area contributed by atoms with E-state index in [1.165, 1.54) is 13.2 Å². The highest BCUT2D eigenvalue weighted by Gasteiger charge is 2.38. The van der Waals surface area contributed by atoms with Crippen LogP contribution < -0.4 is 9.47 Å². The van der Waals surface area contributed by atoms with Crippen molar-refractivity contribution in [3.63, 3.8) is 0 Å². The van der Waals surface area contributed by atoms with Gasteiger partial charge in [0.25, 0.3) is 0 Å². The minimum Gasteiger partial charge on any atom is -0.485 e. The van der Waals surface area contributed by atoms with Gasteiger partial charge in [-0.05, 0) is 43.0 Å². The molecule has 0 unspecified atom stereocenters. The van der Waals surface area contributed by atoms with Crippen molar-refractivity contribution in [1.82, 2.24) is 0 Å². The molecular weight excluding hydrogens is 466 g/mol. The Bertz CT molecular complexity index is 1310. The van der Waals surface area contributed by atoms with E-state index in [1.807, 2.05) is 30.3 Å². The topological polar surface area (TPSA) is 83.4 Å². The Hall–Kier alpha value is -3.36. The van der Waals surface area contributed by atoms with Crippen molar-refractivity contribution in [3.05, 3.63) is 83.9 Å². The lowest BCUT2D eigenvalue weighted by Crippen LogP contribution is -2.17. The summed E-state index contributed by atoms with van der Waals surface area (Å²) in [5.41, 5.74) is 1.31. The first kappa shape index (κ1) is 23.4. The number of hydrogen-bond acceptors (Lipinski definition) is 7. The van der Waals surface area contributed by atoms with E-state index in [9.17, 15) is 8.42 Å². The van der Waals surface area contributed by atoms with Crippen LogP contribution in [0.15, 0.2) is 87.6 Å². The van der Waals surface area contributed by atoms with Crippen LogP contribution >= 0.6 is 0 Å². The van der Waals surface area contributed by atoms with Crippen molar-refractivity contribution < 1.29 is 27.4 Å². The average Bonchev–Trinajstić information content (AvgIpc) is 3.50. The van der Waals surface area contributed by atoms with E-state index >= 15 is 0 Å². The zero-order chi connectivity index (χ0) is 24.3. The summed E-state index contributed by atoms with van der Waals surface area (Å²) in [5, 5.41) is 0. The molecule has 0 N–H and O–H groups in total. The molecule has 182 valence electrons. The number of hydrogen-bond donors (Lipinski definition) is 0. The van der Waals surface area contributed by atoms with Gasteiger partial charge in [0.05, 0.1) is 21.4 Å². The van der Waals surface area contributed by atoms with E-state index in [0.29, 0.717) is 23.0 Å². The molecule has 1 aliphatic carbocycles. The fourth-order valence-corrected chi connectivity index (χ4v) is 5.86. The first-order valence-corrected chi connectivity index (χ1v) is 13.1. The lowest BCUT2D eigenvalue weighted by Gasteiger charge is -2.18. The molecule has 0 aromatic heterocycles. The fraction of sp³-hybridized carbons (Fsp3) is 0.296. The van der Waals surface area contributed by atoms with E-state index in [-0.39, 0.29) is 35.3 Å². The molecule has 0 radical (unpaired) electrons. The van der Waals surface area contributed by atoms with Crippen LogP contribution in [0.5, 0.6) is 11.5 Å². The number of rotatable bonds is 9. The first-order valence-electron chi connectivity index (χ1n) is 11.6. The summed E-state index contributed by atoms with van der Waals surface area (Å²) >= 11 is 0. The molecule has 8 heteroatoms. The summed E-state index contributed by atoms with van der Waals surface area (Å²) in [7, 11) is -2.38. The van der Waals surface area contributed by atoms with Crippen molar-refractivity contribution in [1.29, 1.82) is 0 Å². The van der Waals surface area contributed by atoms with Crippen LogP contribution in [-0.2, 0) is 25.9 Å². The summed E-state index contributed by atoms with van der Waals surface area (Å²) in [6, 6.07) is 21.1. The quantitative estimate of drug-likeness (QED) is 0.399. The van der Waals surface area contributed by atoms with Gasteiger partial charge in [-0.15, -0.1) is 0 Å². The lowest BCUT2D eigenvalue weighted by atomic mass is 10.2. The summed E-state index contributed by atoms with van der Waals surface area (Å²) in [6.45, 7) is 0.223. The third-order valence-electron chi connectivity index (χ3n) is 6.15. The van der Waals surface area contributed by atoms with E-state index in [0.717, 1.165) is 24.8 Å². The first-order chi connectivity index (χ1) is 17.1. The van der Waals surface area contributed by atoms with Crippen LogP contribution in [0.2, 0.25) is 0 Å². The Labute approximate surface area is 205 Å².